The predicted octanol–water partition coefficient (Wildman–Crippen LogP) is 3.00. The second-order valence-electron chi connectivity index (χ2n) is 8.48. The summed E-state index contributed by atoms with van der Waals surface area (Å²) < 4.78 is 5.65. The molecule has 2 bridgehead atoms. The monoisotopic (exact) mass is 352 g/mol. The van der Waals surface area contributed by atoms with Gasteiger partial charge in [-0.15, -0.1) is 0 Å². The number of aliphatic hydroxyl groups excluding tert-OH is 1. The highest BCUT2D eigenvalue weighted by molar-refractivity contribution is 6.30. The zero-order chi connectivity index (χ0) is 17.4. The van der Waals surface area contributed by atoms with Gasteiger partial charge in [0.2, 0.25) is 0 Å². The van der Waals surface area contributed by atoms with Crippen molar-refractivity contribution in [1.82, 2.24) is 0 Å². The van der Waals surface area contributed by atoms with Gasteiger partial charge in [0.15, 0.2) is 0 Å². The molecule has 3 nitrogen and oxygen atoms in total. The van der Waals surface area contributed by atoms with Gasteiger partial charge >= 0.3 is 0 Å². The quantitative estimate of drug-likeness (QED) is 0.792. The van der Waals surface area contributed by atoms with Crippen LogP contribution >= 0.6 is 11.6 Å². The van der Waals surface area contributed by atoms with E-state index in [2.05, 4.69) is 26.1 Å². The summed E-state index contributed by atoms with van der Waals surface area (Å²) in [6.07, 6.45) is 3.58. The third-order valence-electron chi connectivity index (χ3n) is 7.05. The molecule has 2 fully saturated rings. The number of ether oxygens (including phenoxy) is 1. The Balaban J connectivity index is 1.40. The van der Waals surface area contributed by atoms with Crippen LogP contribution in [0, 0.1) is 16.7 Å². The summed E-state index contributed by atoms with van der Waals surface area (Å²) in [4.78, 5) is 0. The van der Waals surface area contributed by atoms with Gasteiger partial charge in [0.1, 0.15) is 12.6 Å². The molecule has 0 aromatic heterocycles. The molecule has 134 valence electrons. The van der Waals surface area contributed by atoms with Crippen molar-refractivity contribution >= 4 is 11.6 Å². The number of benzene rings is 1. The van der Waals surface area contributed by atoms with E-state index in [0.717, 1.165) is 23.0 Å². The van der Waals surface area contributed by atoms with Gasteiger partial charge in [0.05, 0.1) is 19.3 Å². The minimum Gasteiger partial charge on any atom is -0.385 e. The van der Waals surface area contributed by atoms with E-state index in [4.69, 9.17) is 16.3 Å². The van der Waals surface area contributed by atoms with Crippen molar-refractivity contribution in [3.63, 3.8) is 0 Å². The summed E-state index contributed by atoms with van der Waals surface area (Å²) >= 11 is 5.87. The van der Waals surface area contributed by atoms with Gasteiger partial charge in [-0.1, -0.05) is 44.5 Å². The lowest BCUT2D eigenvalue weighted by atomic mass is 9.69. The van der Waals surface area contributed by atoms with Gasteiger partial charge in [-0.2, -0.15) is 0 Å². The third-order valence-corrected chi connectivity index (χ3v) is 7.30. The highest BCUT2D eigenvalue weighted by atomic mass is 35.5. The van der Waals surface area contributed by atoms with E-state index in [9.17, 15) is 5.11 Å². The molecule has 1 aromatic rings. The number of hydrogen-bond donors (Lipinski definition) is 2. The van der Waals surface area contributed by atoms with E-state index in [-0.39, 0.29) is 0 Å². The summed E-state index contributed by atoms with van der Waals surface area (Å²) in [6, 6.07) is 8.28. The summed E-state index contributed by atoms with van der Waals surface area (Å²) in [7, 11) is 0. The molecule has 2 aliphatic rings. The van der Waals surface area contributed by atoms with Crippen LogP contribution in [0.25, 0.3) is 0 Å². The number of aliphatic hydroxyl groups is 1. The van der Waals surface area contributed by atoms with E-state index in [1.807, 2.05) is 24.3 Å². The average molecular weight is 353 g/mol. The first-order valence-electron chi connectivity index (χ1n) is 9.16. The maximum atomic E-state index is 10.2. The Hall–Kier alpha value is -0.610. The number of hydrogen-bond acceptors (Lipinski definition) is 2. The van der Waals surface area contributed by atoms with Crippen LogP contribution in [0.4, 0.5) is 0 Å². The van der Waals surface area contributed by atoms with Crippen molar-refractivity contribution in [2.75, 3.05) is 13.2 Å². The van der Waals surface area contributed by atoms with Gasteiger partial charge in [-0.05, 0) is 41.9 Å². The van der Waals surface area contributed by atoms with E-state index >= 15 is 0 Å². The van der Waals surface area contributed by atoms with Crippen molar-refractivity contribution in [2.24, 2.45) is 16.7 Å². The molecule has 4 heteroatoms. The first-order valence-corrected chi connectivity index (χ1v) is 9.54. The number of quaternary nitrogens is 1. The average Bonchev–Trinajstić information content (AvgIpc) is 2.88. The van der Waals surface area contributed by atoms with E-state index in [1.165, 1.54) is 19.3 Å². The van der Waals surface area contributed by atoms with Crippen LogP contribution in [-0.4, -0.2) is 30.4 Å². The molecule has 2 saturated carbocycles. The van der Waals surface area contributed by atoms with Crippen molar-refractivity contribution in [2.45, 2.75) is 58.8 Å². The largest absolute Gasteiger partial charge is 0.385 e. The van der Waals surface area contributed by atoms with Crippen LogP contribution in [0.15, 0.2) is 24.3 Å². The third kappa shape index (κ3) is 3.37. The van der Waals surface area contributed by atoms with Crippen LogP contribution in [0.3, 0.4) is 0 Å². The lowest BCUT2D eigenvalue weighted by Gasteiger charge is -2.37. The topological polar surface area (TPSA) is 46.1 Å². The second-order valence-corrected chi connectivity index (χ2v) is 8.92. The van der Waals surface area contributed by atoms with Gasteiger partial charge in [-0.25, -0.2) is 0 Å². The van der Waals surface area contributed by atoms with Crippen molar-refractivity contribution in [3.8, 4) is 0 Å². The fraction of sp³-hybridized carbons (Fsp3) is 0.700. The Morgan fingerprint density at radius 3 is 2.58 bits per heavy atom. The maximum absolute atomic E-state index is 10.2. The molecular weight excluding hydrogens is 322 g/mol. The fourth-order valence-electron chi connectivity index (χ4n) is 4.90. The Bertz CT molecular complexity index is 559. The van der Waals surface area contributed by atoms with Gasteiger partial charge < -0.3 is 15.2 Å². The minimum absolute atomic E-state index is 0.384. The number of nitrogens with two attached hydrogens (primary N) is 1. The lowest BCUT2D eigenvalue weighted by Crippen LogP contribution is -2.94. The minimum atomic E-state index is -0.414. The molecule has 1 aromatic carbocycles. The molecular formula is C20H31ClNO2+. The van der Waals surface area contributed by atoms with Crippen LogP contribution in [0.2, 0.25) is 5.02 Å². The van der Waals surface area contributed by atoms with Crippen molar-refractivity contribution in [3.05, 3.63) is 34.9 Å². The molecule has 0 aliphatic heterocycles. The molecule has 3 N–H and O–H groups in total. The predicted molar refractivity (Wildman–Crippen MR) is 96.9 cm³/mol. The van der Waals surface area contributed by atoms with Crippen LogP contribution < -0.4 is 5.32 Å². The van der Waals surface area contributed by atoms with Crippen molar-refractivity contribution < 1.29 is 15.2 Å². The first-order chi connectivity index (χ1) is 11.3. The van der Waals surface area contributed by atoms with Gasteiger partial charge in [0, 0.05) is 16.9 Å². The van der Waals surface area contributed by atoms with Gasteiger partial charge in [0.25, 0.3) is 0 Å². The smallest absolute Gasteiger partial charge is 0.126 e. The zero-order valence-corrected chi connectivity index (χ0v) is 15.9. The summed E-state index contributed by atoms with van der Waals surface area (Å²) in [5.74, 6) is 0.849. The second kappa shape index (κ2) is 6.95. The molecule has 0 unspecified atom stereocenters. The molecule has 0 heterocycles. The standard InChI is InChI=1S/C20H30ClNO2/c1-19(2)15-8-9-20(19,3)18(10-15)22-11-17(23)13-24-12-14-4-6-16(21)7-5-14/h4-7,15,17-18,22-23H,8-13H2,1-3H3/p+1/t15-,17+,18+,20+/m0/s1. The number of rotatable bonds is 7. The fourth-order valence-corrected chi connectivity index (χ4v) is 5.03. The van der Waals surface area contributed by atoms with Gasteiger partial charge in [-0.3, -0.25) is 0 Å². The highest BCUT2D eigenvalue weighted by Crippen LogP contribution is 2.64. The maximum Gasteiger partial charge on any atom is 0.126 e. The van der Waals surface area contributed by atoms with E-state index in [1.54, 1.807) is 0 Å². The Labute approximate surface area is 150 Å². The molecule has 0 saturated heterocycles. The Morgan fingerprint density at radius 2 is 2.00 bits per heavy atom. The first kappa shape index (κ1) is 18.2. The number of fused-ring (bicyclic) bond motifs is 2. The van der Waals surface area contributed by atoms with Crippen molar-refractivity contribution in [1.29, 1.82) is 0 Å². The zero-order valence-electron chi connectivity index (χ0n) is 15.1. The number of halogens is 1. The highest BCUT2D eigenvalue weighted by Gasteiger charge is 2.63. The van der Waals surface area contributed by atoms with E-state index < -0.39 is 6.10 Å². The SMILES string of the molecule is CC1(C)[C@H]2CC[C@]1(C)[C@H]([NH2+]C[C@@H](O)COCc1ccc(Cl)cc1)C2. The molecule has 4 atom stereocenters. The normalized spacial score (nSPS) is 32.2. The summed E-state index contributed by atoms with van der Waals surface area (Å²) in [6.45, 7) is 8.95. The Kier molecular flexibility index (Phi) is 5.27. The summed E-state index contributed by atoms with van der Waals surface area (Å²) in [5, 5.41) is 13.3. The molecule has 0 spiro atoms. The Morgan fingerprint density at radius 1 is 1.29 bits per heavy atom. The molecule has 3 rings (SSSR count). The van der Waals surface area contributed by atoms with Crippen LogP contribution in [-0.2, 0) is 11.3 Å². The molecule has 0 radical (unpaired) electrons. The molecule has 2 aliphatic carbocycles. The van der Waals surface area contributed by atoms with Crippen LogP contribution in [0.1, 0.15) is 45.6 Å². The molecule has 0 amide bonds. The lowest BCUT2D eigenvalue weighted by molar-refractivity contribution is -0.707. The molecule has 24 heavy (non-hydrogen) atoms. The van der Waals surface area contributed by atoms with E-state index in [0.29, 0.717) is 30.1 Å². The van der Waals surface area contributed by atoms with Crippen LogP contribution in [0.5, 0.6) is 0 Å². The summed E-state index contributed by atoms with van der Waals surface area (Å²) in [5.41, 5.74) is 1.92.